The molecule has 0 aliphatic rings. The maximum Gasteiger partial charge on any atom is 0.225 e. The van der Waals surface area contributed by atoms with E-state index in [1.807, 2.05) is 61.5 Å². The lowest BCUT2D eigenvalue weighted by Crippen LogP contribution is -2.24. The summed E-state index contributed by atoms with van der Waals surface area (Å²) in [6.45, 7) is 7.69. The van der Waals surface area contributed by atoms with Gasteiger partial charge in [-0.05, 0) is 49.2 Å². The molecular weight excluding hydrogens is 496 g/mol. The van der Waals surface area contributed by atoms with E-state index in [0.29, 0.717) is 17.5 Å². The van der Waals surface area contributed by atoms with Crippen molar-refractivity contribution in [1.29, 1.82) is 0 Å². The molecule has 0 saturated carbocycles. The second-order valence-electron chi connectivity index (χ2n) is 7.51. The molecule has 3 rings (SSSR count). The highest BCUT2D eigenvalue weighted by molar-refractivity contribution is 8.16. The zero-order chi connectivity index (χ0) is 25.0. The van der Waals surface area contributed by atoms with Crippen LogP contribution in [-0.2, 0) is 11.2 Å². The topological polar surface area (TPSA) is 66.4 Å². The summed E-state index contributed by atoms with van der Waals surface area (Å²) in [7, 11) is -0.329. The molecule has 5 nitrogen and oxygen atoms in total. The van der Waals surface area contributed by atoms with E-state index < -0.39 is 0 Å². The maximum atomic E-state index is 12.4. The van der Waals surface area contributed by atoms with Gasteiger partial charge in [0.2, 0.25) is 5.91 Å². The van der Waals surface area contributed by atoms with Crippen LogP contribution in [0.25, 0.3) is 4.91 Å². The molecule has 1 amide bonds. The lowest BCUT2D eigenvalue weighted by atomic mass is 10.1. The summed E-state index contributed by atoms with van der Waals surface area (Å²) in [5.74, 6) is 0.364. The Bertz CT molecular complexity index is 1210. The number of benzene rings is 2. The van der Waals surface area contributed by atoms with Crippen LogP contribution in [0.3, 0.4) is 0 Å². The predicted octanol–water partition coefficient (Wildman–Crippen LogP) is 7.04. The molecule has 1 heterocycles. The number of thioether (sulfide) groups is 1. The van der Waals surface area contributed by atoms with Crippen LogP contribution in [0.15, 0.2) is 88.5 Å². The highest BCUT2D eigenvalue weighted by atomic mass is 35.5. The Labute approximate surface area is 219 Å². The van der Waals surface area contributed by atoms with Gasteiger partial charge in [0.1, 0.15) is 0 Å². The standard InChI is InChI=1S/C27H29ClN4OS2/c1-4-15-35(23-13-9-6-10-14-23)32-24-17-22(18-30-27(24)28)26(20(2)29-3)34-19-31-25(33)16-21-11-7-5-8-12-21/h5-15,17-18,32H,3-4,16,19H2,1-2H3,(H,31,33)/b26-20-. The average molecular weight is 525 g/mol. The Morgan fingerprint density at radius 2 is 1.86 bits per heavy atom. The summed E-state index contributed by atoms with van der Waals surface area (Å²) in [6.07, 6.45) is 2.98. The number of hydrogen-bond acceptors (Lipinski definition) is 5. The van der Waals surface area contributed by atoms with E-state index in [1.165, 1.54) is 16.7 Å². The Morgan fingerprint density at radius 3 is 2.51 bits per heavy atom. The minimum Gasteiger partial charge on any atom is -0.346 e. The van der Waals surface area contributed by atoms with Crippen LogP contribution in [0.5, 0.6) is 0 Å². The smallest absolute Gasteiger partial charge is 0.225 e. The Kier molecular flexibility index (Phi) is 10.6. The van der Waals surface area contributed by atoms with E-state index in [4.69, 9.17) is 11.6 Å². The minimum absolute atomic E-state index is 0.0362. The summed E-state index contributed by atoms with van der Waals surface area (Å²) in [4.78, 5) is 23.0. The van der Waals surface area contributed by atoms with Gasteiger partial charge in [-0.25, -0.2) is 4.98 Å². The summed E-state index contributed by atoms with van der Waals surface area (Å²) in [5.41, 5.74) is 3.33. The first-order chi connectivity index (χ1) is 17.0. The maximum absolute atomic E-state index is 12.4. The monoisotopic (exact) mass is 524 g/mol. The second-order valence-corrected chi connectivity index (χ2v) is 10.5. The average Bonchev–Trinajstić information content (AvgIpc) is 2.88. The molecular formula is C27H29ClN4OS2. The van der Waals surface area contributed by atoms with E-state index in [1.54, 1.807) is 6.20 Å². The zero-order valence-electron chi connectivity index (χ0n) is 19.8. The number of nitrogens with zero attached hydrogens (tertiary/aromatic N) is 2. The molecule has 0 saturated heterocycles. The zero-order valence-corrected chi connectivity index (χ0v) is 22.2. The predicted molar refractivity (Wildman–Crippen MR) is 154 cm³/mol. The van der Waals surface area contributed by atoms with E-state index in [9.17, 15) is 4.79 Å². The number of carbonyl (C=O) groups is 1. The number of anilines is 1. The Balaban J connectivity index is 1.76. The van der Waals surface area contributed by atoms with Crippen LogP contribution in [0.2, 0.25) is 5.15 Å². The molecule has 182 valence electrons. The molecule has 2 N–H and O–H groups in total. The molecule has 0 fully saturated rings. The molecule has 0 aliphatic carbocycles. The molecule has 8 heteroatoms. The number of hydrogen-bond donors (Lipinski definition) is 2. The largest absolute Gasteiger partial charge is 0.346 e. The highest BCUT2D eigenvalue weighted by Gasteiger charge is 2.13. The second kappa shape index (κ2) is 13.9. The van der Waals surface area contributed by atoms with E-state index in [2.05, 4.69) is 51.2 Å². The Hall–Kier alpha value is -2.87. The summed E-state index contributed by atoms with van der Waals surface area (Å²) in [5, 5.41) is 5.59. The van der Waals surface area contributed by atoms with Gasteiger partial charge in [-0.3, -0.25) is 9.79 Å². The third-order valence-electron chi connectivity index (χ3n) is 4.91. The number of aromatic nitrogens is 1. The number of halogens is 1. The first-order valence-corrected chi connectivity index (χ1v) is 13.8. The van der Waals surface area contributed by atoms with E-state index in [-0.39, 0.29) is 16.6 Å². The van der Waals surface area contributed by atoms with Crippen molar-refractivity contribution < 1.29 is 4.79 Å². The lowest BCUT2D eigenvalue weighted by molar-refractivity contribution is -0.120. The molecule has 35 heavy (non-hydrogen) atoms. The molecule has 1 aromatic heterocycles. The van der Waals surface area contributed by atoms with Gasteiger partial charge in [-0.15, -0.1) is 11.8 Å². The number of nitrogens with one attached hydrogen (secondary N) is 2. The number of amides is 1. The number of rotatable bonds is 11. The van der Waals surface area contributed by atoms with Crippen LogP contribution in [0.4, 0.5) is 5.69 Å². The van der Waals surface area contributed by atoms with Gasteiger partial charge >= 0.3 is 0 Å². The van der Waals surface area contributed by atoms with Gasteiger partial charge in [-0.1, -0.05) is 77.7 Å². The SMILES string of the molecule is C=N/C(C)=C(\SCNC(=O)Cc1ccccc1)c1cnc(Cl)c(N/S(=C/CC)c2ccccc2)c1. The normalized spacial score (nSPS) is 12.5. The van der Waals surface area contributed by atoms with Gasteiger partial charge in [0.05, 0.1) is 23.7 Å². The molecule has 0 radical (unpaired) electrons. The summed E-state index contributed by atoms with van der Waals surface area (Å²) < 4.78 is 3.55. The van der Waals surface area contributed by atoms with E-state index >= 15 is 0 Å². The van der Waals surface area contributed by atoms with Crippen LogP contribution in [0.1, 0.15) is 31.4 Å². The van der Waals surface area contributed by atoms with Gasteiger partial charge < -0.3 is 10.0 Å². The van der Waals surface area contributed by atoms with Gasteiger partial charge in [0.15, 0.2) is 5.15 Å². The van der Waals surface area contributed by atoms with Gasteiger partial charge in [0, 0.05) is 21.6 Å². The van der Waals surface area contributed by atoms with E-state index in [0.717, 1.165) is 33.8 Å². The third-order valence-corrected chi connectivity index (χ3v) is 8.21. The summed E-state index contributed by atoms with van der Waals surface area (Å²) in [6, 6.07) is 21.9. The fourth-order valence-electron chi connectivity index (χ4n) is 3.19. The fourth-order valence-corrected chi connectivity index (χ4v) is 5.90. The van der Waals surface area contributed by atoms with Gasteiger partial charge in [-0.2, -0.15) is 0 Å². The molecule has 1 unspecified atom stereocenters. The van der Waals surface area contributed by atoms with Crippen molar-refractivity contribution in [2.45, 2.75) is 31.6 Å². The van der Waals surface area contributed by atoms with Crippen LogP contribution < -0.4 is 10.0 Å². The number of allylic oxidation sites excluding steroid dienone is 1. The number of aliphatic imine (C=N–C) groups is 1. The molecule has 0 spiro atoms. The number of carbonyl (C=O) groups excluding carboxylic acids is 1. The van der Waals surface area contributed by atoms with Crippen molar-refractivity contribution in [3.05, 3.63) is 94.9 Å². The van der Waals surface area contributed by atoms with Crippen molar-refractivity contribution in [2.24, 2.45) is 4.99 Å². The number of pyridine rings is 1. The quantitative estimate of drug-likeness (QED) is 0.122. The van der Waals surface area contributed by atoms with Crippen LogP contribution in [-0.4, -0.2) is 28.9 Å². The van der Waals surface area contributed by atoms with Crippen molar-refractivity contribution in [1.82, 2.24) is 10.3 Å². The molecule has 0 bridgehead atoms. The van der Waals surface area contributed by atoms with Crippen LogP contribution >= 0.6 is 34.0 Å². The molecule has 2 aromatic carbocycles. The first-order valence-electron chi connectivity index (χ1n) is 11.2. The van der Waals surface area contributed by atoms with Gasteiger partial charge in [0.25, 0.3) is 0 Å². The first kappa shape index (κ1) is 26.7. The van der Waals surface area contributed by atoms with Crippen molar-refractivity contribution in [3.63, 3.8) is 0 Å². The lowest BCUT2D eigenvalue weighted by Gasteiger charge is -2.16. The van der Waals surface area contributed by atoms with Crippen LogP contribution in [0, 0.1) is 0 Å². The third kappa shape index (κ3) is 8.09. The molecule has 1 atom stereocenters. The van der Waals surface area contributed by atoms with Crippen molar-refractivity contribution in [2.75, 3.05) is 10.6 Å². The van der Waals surface area contributed by atoms with Crippen molar-refractivity contribution >= 4 is 62.6 Å². The fraction of sp³-hybridized carbons (Fsp3) is 0.185. The highest BCUT2D eigenvalue weighted by Crippen LogP contribution is 2.36. The Morgan fingerprint density at radius 1 is 1.17 bits per heavy atom. The molecule has 3 aromatic rings. The summed E-state index contributed by atoms with van der Waals surface area (Å²) >= 11 is 7.95. The minimum atomic E-state index is -0.329. The van der Waals surface area contributed by atoms with Crippen molar-refractivity contribution in [3.8, 4) is 0 Å². The molecule has 0 aliphatic heterocycles.